The number of carbonyl (C=O) groups excluding carboxylic acids is 2. The van der Waals surface area contributed by atoms with Crippen molar-refractivity contribution in [2.24, 2.45) is 0 Å². The molecular weight excluding hydrogens is 306 g/mol. The van der Waals surface area contributed by atoms with Gasteiger partial charge in [-0.15, -0.1) is 0 Å². The molecule has 2 rings (SSSR count). The first-order valence-electron chi connectivity index (χ1n) is 6.96. The van der Waals surface area contributed by atoms with Crippen molar-refractivity contribution in [3.05, 3.63) is 29.8 Å². The molecule has 1 aliphatic heterocycles. The standard InChI is InChI=1S/C14H19N3O4S/c1-12-2-4-13(5-3-12)22(20,21)15-10-14(19)17-8-6-16(11-18)7-9-17/h2-5,11,15H,6-10H2,1H3. The highest BCUT2D eigenvalue weighted by Crippen LogP contribution is 2.09. The minimum Gasteiger partial charge on any atom is -0.342 e. The van der Waals surface area contributed by atoms with E-state index in [2.05, 4.69) is 4.72 Å². The number of nitrogens with one attached hydrogen (secondary N) is 1. The Labute approximate surface area is 129 Å². The summed E-state index contributed by atoms with van der Waals surface area (Å²) in [5.74, 6) is -0.291. The second-order valence-electron chi connectivity index (χ2n) is 5.16. The molecule has 1 aromatic rings. The highest BCUT2D eigenvalue weighted by molar-refractivity contribution is 7.89. The molecule has 8 heteroatoms. The molecule has 1 heterocycles. The Morgan fingerprint density at radius 3 is 2.32 bits per heavy atom. The van der Waals surface area contributed by atoms with Crippen molar-refractivity contribution in [2.45, 2.75) is 11.8 Å². The summed E-state index contributed by atoms with van der Waals surface area (Å²) in [5, 5.41) is 0. The van der Waals surface area contributed by atoms with Crippen molar-refractivity contribution >= 4 is 22.3 Å². The summed E-state index contributed by atoms with van der Waals surface area (Å²) in [6.07, 6.45) is 0.752. The second-order valence-corrected chi connectivity index (χ2v) is 6.93. The van der Waals surface area contributed by atoms with Crippen LogP contribution in [0.25, 0.3) is 0 Å². The molecular formula is C14H19N3O4S. The maximum absolute atomic E-state index is 12.1. The quantitative estimate of drug-likeness (QED) is 0.745. The van der Waals surface area contributed by atoms with Gasteiger partial charge < -0.3 is 9.80 Å². The molecule has 0 saturated carbocycles. The van der Waals surface area contributed by atoms with Gasteiger partial charge in [0.05, 0.1) is 11.4 Å². The van der Waals surface area contributed by atoms with Gasteiger partial charge in [0, 0.05) is 26.2 Å². The van der Waals surface area contributed by atoms with Crippen LogP contribution >= 0.6 is 0 Å². The lowest BCUT2D eigenvalue weighted by Gasteiger charge is -2.32. The molecule has 0 bridgehead atoms. The number of sulfonamides is 1. The average Bonchev–Trinajstić information content (AvgIpc) is 2.53. The molecule has 0 radical (unpaired) electrons. The Hall–Kier alpha value is -1.93. The van der Waals surface area contributed by atoms with Crippen molar-refractivity contribution in [3.63, 3.8) is 0 Å². The van der Waals surface area contributed by atoms with Crippen LogP contribution in [-0.2, 0) is 19.6 Å². The van der Waals surface area contributed by atoms with E-state index in [1.54, 1.807) is 21.9 Å². The molecule has 0 atom stereocenters. The lowest BCUT2D eigenvalue weighted by molar-refractivity contribution is -0.134. The highest BCUT2D eigenvalue weighted by Gasteiger charge is 2.22. The molecule has 1 N–H and O–H groups in total. The fourth-order valence-corrected chi connectivity index (χ4v) is 3.12. The van der Waals surface area contributed by atoms with Crippen molar-refractivity contribution in [1.82, 2.24) is 14.5 Å². The van der Waals surface area contributed by atoms with Gasteiger partial charge in [0.2, 0.25) is 22.3 Å². The van der Waals surface area contributed by atoms with E-state index in [1.165, 1.54) is 12.1 Å². The van der Waals surface area contributed by atoms with Crippen molar-refractivity contribution in [1.29, 1.82) is 0 Å². The van der Waals surface area contributed by atoms with Crippen molar-refractivity contribution < 1.29 is 18.0 Å². The molecule has 1 aromatic carbocycles. The Balaban J connectivity index is 1.90. The zero-order chi connectivity index (χ0) is 16.2. The van der Waals surface area contributed by atoms with Crippen molar-refractivity contribution in [2.75, 3.05) is 32.7 Å². The summed E-state index contributed by atoms with van der Waals surface area (Å²) >= 11 is 0. The topological polar surface area (TPSA) is 86.8 Å². The summed E-state index contributed by atoms with van der Waals surface area (Å²) in [5.41, 5.74) is 0.961. The molecule has 1 fully saturated rings. The summed E-state index contributed by atoms with van der Waals surface area (Å²) < 4.78 is 26.5. The van der Waals surface area contributed by atoms with Crippen molar-refractivity contribution in [3.8, 4) is 0 Å². The maximum Gasteiger partial charge on any atom is 0.241 e. The first-order chi connectivity index (χ1) is 10.4. The summed E-state index contributed by atoms with van der Waals surface area (Å²) in [6, 6.07) is 6.42. The van der Waals surface area contributed by atoms with Crippen LogP contribution in [-0.4, -0.2) is 63.3 Å². The number of benzene rings is 1. The first-order valence-corrected chi connectivity index (χ1v) is 8.44. The number of nitrogens with zero attached hydrogens (tertiary/aromatic N) is 2. The molecule has 7 nitrogen and oxygen atoms in total. The van der Waals surface area contributed by atoms with E-state index in [1.807, 2.05) is 6.92 Å². The van der Waals surface area contributed by atoms with Crippen LogP contribution in [0.4, 0.5) is 0 Å². The van der Waals surface area contributed by atoms with Gasteiger partial charge in [0.1, 0.15) is 0 Å². The van der Waals surface area contributed by atoms with Gasteiger partial charge in [-0.3, -0.25) is 9.59 Å². The average molecular weight is 325 g/mol. The van der Waals surface area contributed by atoms with E-state index in [0.717, 1.165) is 12.0 Å². The van der Waals surface area contributed by atoms with Gasteiger partial charge in [-0.2, -0.15) is 0 Å². The summed E-state index contributed by atoms with van der Waals surface area (Å²) in [4.78, 5) is 25.9. The van der Waals surface area contributed by atoms with E-state index in [4.69, 9.17) is 0 Å². The van der Waals surface area contributed by atoms with Gasteiger partial charge in [-0.25, -0.2) is 13.1 Å². The van der Waals surface area contributed by atoms with Crippen LogP contribution in [0.2, 0.25) is 0 Å². The smallest absolute Gasteiger partial charge is 0.241 e. The predicted molar refractivity (Wildman–Crippen MR) is 80.6 cm³/mol. The van der Waals surface area contributed by atoms with Crippen LogP contribution in [0.3, 0.4) is 0 Å². The van der Waals surface area contributed by atoms with Crippen LogP contribution in [0, 0.1) is 6.92 Å². The van der Waals surface area contributed by atoms with Gasteiger partial charge in [0.25, 0.3) is 0 Å². The maximum atomic E-state index is 12.1. The van der Waals surface area contributed by atoms with Crippen LogP contribution in [0.1, 0.15) is 5.56 Å². The highest BCUT2D eigenvalue weighted by atomic mass is 32.2. The Kier molecular flexibility index (Phi) is 5.15. The normalized spacial score (nSPS) is 15.7. The Morgan fingerprint density at radius 1 is 1.18 bits per heavy atom. The zero-order valence-corrected chi connectivity index (χ0v) is 13.2. The van der Waals surface area contributed by atoms with Crippen LogP contribution in [0.15, 0.2) is 29.2 Å². The Bertz CT molecular complexity index is 635. The largest absolute Gasteiger partial charge is 0.342 e. The number of aryl methyl sites for hydroxylation is 1. The molecule has 0 spiro atoms. The number of piperazine rings is 1. The number of rotatable bonds is 5. The van der Waals surface area contributed by atoms with E-state index < -0.39 is 10.0 Å². The van der Waals surface area contributed by atoms with Gasteiger partial charge in [-0.1, -0.05) is 17.7 Å². The fourth-order valence-electron chi connectivity index (χ4n) is 2.15. The van der Waals surface area contributed by atoms with Gasteiger partial charge in [-0.05, 0) is 19.1 Å². The van der Waals surface area contributed by atoms with Gasteiger partial charge in [0.15, 0.2) is 0 Å². The summed E-state index contributed by atoms with van der Waals surface area (Å²) in [7, 11) is -3.69. The molecule has 2 amide bonds. The third-order valence-electron chi connectivity index (χ3n) is 3.56. The third kappa shape index (κ3) is 4.05. The number of amides is 2. The molecule has 0 aromatic heterocycles. The lowest BCUT2D eigenvalue weighted by atomic mass is 10.2. The molecule has 0 aliphatic carbocycles. The molecule has 120 valence electrons. The predicted octanol–water partition coefficient (Wildman–Crippen LogP) is -0.426. The van der Waals surface area contributed by atoms with E-state index in [9.17, 15) is 18.0 Å². The lowest BCUT2D eigenvalue weighted by Crippen LogP contribution is -2.50. The van der Waals surface area contributed by atoms with E-state index in [-0.39, 0.29) is 17.3 Å². The second kappa shape index (κ2) is 6.89. The molecule has 1 saturated heterocycles. The monoisotopic (exact) mass is 325 g/mol. The van der Waals surface area contributed by atoms with E-state index >= 15 is 0 Å². The van der Waals surface area contributed by atoms with Gasteiger partial charge >= 0.3 is 0 Å². The zero-order valence-electron chi connectivity index (χ0n) is 12.4. The fraction of sp³-hybridized carbons (Fsp3) is 0.429. The van der Waals surface area contributed by atoms with Crippen LogP contribution in [0.5, 0.6) is 0 Å². The summed E-state index contributed by atoms with van der Waals surface area (Å²) in [6.45, 7) is 3.37. The number of carbonyl (C=O) groups is 2. The minimum atomic E-state index is -3.69. The minimum absolute atomic E-state index is 0.136. The number of hydrogen-bond acceptors (Lipinski definition) is 4. The SMILES string of the molecule is Cc1ccc(S(=O)(=O)NCC(=O)N2CCN(C=O)CC2)cc1. The third-order valence-corrected chi connectivity index (χ3v) is 4.98. The van der Waals surface area contributed by atoms with Crippen LogP contribution < -0.4 is 4.72 Å². The van der Waals surface area contributed by atoms with E-state index in [0.29, 0.717) is 26.2 Å². The Morgan fingerprint density at radius 2 is 1.77 bits per heavy atom. The molecule has 0 unspecified atom stereocenters. The number of hydrogen-bond donors (Lipinski definition) is 1. The first kappa shape index (κ1) is 16.4. The molecule has 1 aliphatic rings. The molecule has 22 heavy (non-hydrogen) atoms.